The molecule has 1 saturated heterocycles. The molecule has 7 heteroatoms. The molecule has 0 unspecified atom stereocenters. The van der Waals surface area contributed by atoms with E-state index in [1.54, 1.807) is 12.1 Å². The molecular weight excluding hydrogens is 375 g/mol. The minimum atomic E-state index is -0.412. The van der Waals surface area contributed by atoms with Gasteiger partial charge in [-0.15, -0.1) is 11.3 Å². The lowest BCUT2D eigenvalue weighted by molar-refractivity contribution is -0.0792. The normalized spacial score (nSPS) is 18.5. The van der Waals surface area contributed by atoms with Gasteiger partial charge in [0.15, 0.2) is 0 Å². The van der Waals surface area contributed by atoms with Crippen molar-refractivity contribution in [1.29, 1.82) is 0 Å². The molecule has 0 saturated carbocycles. The Kier molecular flexibility index (Phi) is 5.01. The van der Waals surface area contributed by atoms with Gasteiger partial charge in [0.1, 0.15) is 5.82 Å². The summed E-state index contributed by atoms with van der Waals surface area (Å²) < 4.78 is 20.0. The van der Waals surface area contributed by atoms with E-state index in [0.29, 0.717) is 22.1 Å². The zero-order chi connectivity index (χ0) is 18.1. The Hall–Kier alpha value is -1.47. The number of carbonyl (C=O) groups is 1. The fourth-order valence-corrected chi connectivity index (χ4v) is 5.11. The van der Waals surface area contributed by atoms with Crippen LogP contribution in [0.1, 0.15) is 38.5 Å². The van der Waals surface area contributed by atoms with Gasteiger partial charge in [0.2, 0.25) is 0 Å². The number of ether oxygens (including phenoxy) is 1. The third-order valence-corrected chi connectivity index (χ3v) is 6.68. The van der Waals surface area contributed by atoms with Gasteiger partial charge in [0, 0.05) is 28.4 Å². The van der Waals surface area contributed by atoms with Crippen LogP contribution in [0.15, 0.2) is 24.3 Å². The Morgan fingerprint density at radius 3 is 2.96 bits per heavy atom. The molecule has 0 atom stereocenters. The minimum absolute atomic E-state index is 0.0679. The summed E-state index contributed by atoms with van der Waals surface area (Å²) in [4.78, 5) is 14.5. The summed E-state index contributed by atoms with van der Waals surface area (Å²) in [6.07, 6.45) is 2.67. The average molecular weight is 395 g/mol. The molecule has 1 aromatic carbocycles. The van der Waals surface area contributed by atoms with Gasteiger partial charge in [-0.05, 0) is 49.7 Å². The SMILES string of the molecule is O=C(NCc1c(F)cccc1Cl)c1cc2c(s1)CCOC21CCNCC1. The van der Waals surface area contributed by atoms with Gasteiger partial charge >= 0.3 is 0 Å². The van der Waals surface area contributed by atoms with Crippen molar-refractivity contribution < 1.29 is 13.9 Å². The molecule has 1 aromatic heterocycles. The van der Waals surface area contributed by atoms with E-state index >= 15 is 0 Å². The number of halogens is 2. The van der Waals surface area contributed by atoms with E-state index in [-0.39, 0.29) is 18.1 Å². The lowest BCUT2D eigenvalue weighted by Crippen LogP contribution is -2.44. The highest BCUT2D eigenvalue weighted by atomic mass is 35.5. The van der Waals surface area contributed by atoms with Gasteiger partial charge in [-0.2, -0.15) is 0 Å². The lowest BCUT2D eigenvalue weighted by Gasteiger charge is -2.40. The third kappa shape index (κ3) is 3.27. The highest BCUT2D eigenvalue weighted by Gasteiger charge is 2.40. The van der Waals surface area contributed by atoms with Crippen LogP contribution < -0.4 is 10.6 Å². The topological polar surface area (TPSA) is 50.4 Å². The fraction of sp³-hybridized carbons (Fsp3) is 0.421. The lowest BCUT2D eigenvalue weighted by atomic mass is 9.83. The van der Waals surface area contributed by atoms with Crippen molar-refractivity contribution in [3.8, 4) is 0 Å². The molecule has 2 aliphatic rings. The Morgan fingerprint density at radius 2 is 2.19 bits per heavy atom. The zero-order valence-electron chi connectivity index (χ0n) is 14.2. The molecule has 3 heterocycles. The van der Waals surface area contributed by atoms with E-state index in [2.05, 4.69) is 10.6 Å². The molecule has 1 fully saturated rings. The molecular formula is C19H20ClFN2O2S. The zero-order valence-corrected chi connectivity index (χ0v) is 15.8. The largest absolute Gasteiger partial charge is 0.370 e. The van der Waals surface area contributed by atoms with Crippen molar-refractivity contribution in [3.05, 3.63) is 56.0 Å². The summed E-state index contributed by atoms with van der Waals surface area (Å²) in [7, 11) is 0. The molecule has 1 spiro atoms. The summed E-state index contributed by atoms with van der Waals surface area (Å²) in [6, 6.07) is 6.47. The van der Waals surface area contributed by atoms with Crippen molar-refractivity contribution in [2.24, 2.45) is 0 Å². The fourth-order valence-electron chi connectivity index (χ4n) is 3.73. The van der Waals surface area contributed by atoms with E-state index in [1.807, 2.05) is 6.07 Å². The number of amides is 1. The molecule has 2 aromatic rings. The second kappa shape index (κ2) is 7.27. The van der Waals surface area contributed by atoms with Crippen LogP contribution in [-0.2, 0) is 23.3 Å². The molecule has 0 bridgehead atoms. The molecule has 26 heavy (non-hydrogen) atoms. The highest BCUT2D eigenvalue weighted by Crippen LogP contribution is 2.43. The molecule has 0 radical (unpaired) electrons. The van der Waals surface area contributed by atoms with Gasteiger partial charge < -0.3 is 15.4 Å². The minimum Gasteiger partial charge on any atom is -0.370 e. The van der Waals surface area contributed by atoms with Crippen LogP contribution in [0, 0.1) is 5.82 Å². The molecule has 2 N–H and O–H groups in total. The second-order valence-electron chi connectivity index (χ2n) is 6.67. The second-order valence-corrected chi connectivity index (χ2v) is 8.22. The Balaban J connectivity index is 1.53. The van der Waals surface area contributed by atoms with Crippen molar-refractivity contribution in [2.45, 2.75) is 31.4 Å². The summed E-state index contributed by atoms with van der Waals surface area (Å²) in [5.41, 5.74) is 1.20. The Bertz CT molecular complexity index is 813. The number of hydrogen-bond acceptors (Lipinski definition) is 4. The van der Waals surface area contributed by atoms with Crippen molar-refractivity contribution in [2.75, 3.05) is 19.7 Å². The summed E-state index contributed by atoms with van der Waals surface area (Å²) in [6.45, 7) is 2.60. The number of piperidine rings is 1. The number of thiophene rings is 1. The predicted molar refractivity (Wildman–Crippen MR) is 100 cm³/mol. The number of carbonyl (C=O) groups excluding carboxylic acids is 1. The van der Waals surface area contributed by atoms with Crippen LogP contribution in [0.2, 0.25) is 5.02 Å². The number of nitrogens with one attached hydrogen (secondary N) is 2. The predicted octanol–water partition coefficient (Wildman–Crippen LogP) is 3.62. The third-order valence-electron chi connectivity index (χ3n) is 5.13. The van der Waals surface area contributed by atoms with Gasteiger partial charge in [-0.3, -0.25) is 4.79 Å². The van der Waals surface area contributed by atoms with E-state index in [9.17, 15) is 9.18 Å². The number of fused-ring (bicyclic) bond motifs is 2. The van der Waals surface area contributed by atoms with Gasteiger partial charge in [-0.25, -0.2) is 4.39 Å². The summed E-state index contributed by atoms with van der Waals surface area (Å²) >= 11 is 7.54. The average Bonchev–Trinajstić information content (AvgIpc) is 3.08. The van der Waals surface area contributed by atoms with Gasteiger partial charge in [0.25, 0.3) is 5.91 Å². The first-order valence-electron chi connectivity index (χ1n) is 8.78. The van der Waals surface area contributed by atoms with Crippen LogP contribution in [0.5, 0.6) is 0 Å². The van der Waals surface area contributed by atoms with Gasteiger partial charge in [0.05, 0.1) is 17.1 Å². The summed E-state index contributed by atoms with van der Waals surface area (Å²) in [5, 5.41) is 6.47. The van der Waals surface area contributed by atoms with Crippen LogP contribution in [0.25, 0.3) is 0 Å². The van der Waals surface area contributed by atoms with E-state index in [1.165, 1.54) is 22.3 Å². The number of benzene rings is 1. The van der Waals surface area contributed by atoms with E-state index < -0.39 is 5.82 Å². The van der Waals surface area contributed by atoms with Crippen molar-refractivity contribution in [3.63, 3.8) is 0 Å². The maximum atomic E-state index is 13.9. The molecule has 2 aliphatic heterocycles. The van der Waals surface area contributed by atoms with Crippen LogP contribution in [0.4, 0.5) is 4.39 Å². The Labute approximate surface area is 160 Å². The molecule has 1 amide bonds. The highest BCUT2D eigenvalue weighted by molar-refractivity contribution is 7.14. The molecule has 138 valence electrons. The number of hydrogen-bond donors (Lipinski definition) is 2. The number of rotatable bonds is 3. The maximum absolute atomic E-state index is 13.9. The maximum Gasteiger partial charge on any atom is 0.261 e. The standard InChI is InChI=1S/C19H20ClFN2O2S/c20-14-2-1-3-15(21)12(14)11-23-18(24)17-10-13-16(26-17)4-9-25-19(13)5-7-22-8-6-19/h1-3,10,22H,4-9,11H2,(H,23,24). The van der Waals surface area contributed by atoms with E-state index in [4.69, 9.17) is 16.3 Å². The summed E-state index contributed by atoms with van der Waals surface area (Å²) in [5.74, 6) is -0.613. The van der Waals surface area contributed by atoms with Crippen molar-refractivity contribution >= 4 is 28.8 Å². The van der Waals surface area contributed by atoms with E-state index in [0.717, 1.165) is 37.9 Å². The van der Waals surface area contributed by atoms with Gasteiger partial charge in [-0.1, -0.05) is 17.7 Å². The van der Waals surface area contributed by atoms with Crippen LogP contribution >= 0.6 is 22.9 Å². The quantitative estimate of drug-likeness (QED) is 0.835. The first kappa shape index (κ1) is 17.9. The van der Waals surface area contributed by atoms with Crippen LogP contribution in [0.3, 0.4) is 0 Å². The molecule has 4 rings (SSSR count). The molecule has 4 nitrogen and oxygen atoms in total. The van der Waals surface area contributed by atoms with Crippen LogP contribution in [-0.4, -0.2) is 25.6 Å². The van der Waals surface area contributed by atoms with Crippen molar-refractivity contribution in [1.82, 2.24) is 10.6 Å². The smallest absolute Gasteiger partial charge is 0.261 e. The molecule has 0 aliphatic carbocycles. The first-order chi connectivity index (χ1) is 12.6. The Morgan fingerprint density at radius 1 is 1.38 bits per heavy atom. The monoisotopic (exact) mass is 394 g/mol. The first-order valence-corrected chi connectivity index (χ1v) is 9.97.